The molecule has 2 rings (SSSR count). The lowest BCUT2D eigenvalue weighted by molar-refractivity contribution is 0.146. The minimum absolute atomic E-state index is 0.520. The van der Waals surface area contributed by atoms with E-state index in [2.05, 4.69) is 4.98 Å². The Morgan fingerprint density at radius 2 is 2.12 bits per heavy atom. The van der Waals surface area contributed by atoms with Gasteiger partial charge >= 0.3 is 0 Å². The molecule has 0 aliphatic rings. The Morgan fingerprint density at radius 1 is 1.25 bits per heavy atom. The molecule has 0 radical (unpaired) electrons. The van der Waals surface area contributed by atoms with E-state index in [4.69, 9.17) is 15.2 Å². The molecule has 1 aromatic heterocycles. The summed E-state index contributed by atoms with van der Waals surface area (Å²) in [5.41, 5.74) is 7.34. The summed E-state index contributed by atoms with van der Waals surface area (Å²) in [7, 11) is 1.64. The standard InChI is InChI=1S/C12H14N2O2/c1-15-4-5-16-11-7-9-6-10(13)2-3-12(9)14-8-11/h2-3,6-8H,4-5,13H2,1H3. The van der Waals surface area contributed by atoms with Gasteiger partial charge in [-0.1, -0.05) is 0 Å². The number of nitrogens with zero attached hydrogens (tertiary/aromatic N) is 1. The number of rotatable bonds is 4. The monoisotopic (exact) mass is 218 g/mol. The highest BCUT2D eigenvalue weighted by atomic mass is 16.5. The average Bonchev–Trinajstić information content (AvgIpc) is 2.29. The number of hydrogen-bond acceptors (Lipinski definition) is 4. The van der Waals surface area contributed by atoms with Crippen molar-refractivity contribution in [3.8, 4) is 5.75 Å². The van der Waals surface area contributed by atoms with Crippen molar-refractivity contribution in [2.75, 3.05) is 26.1 Å². The average molecular weight is 218 g/mol. The Morgan fingerprint density at radius 3 is 2.94 bits per heavy atom. The van der Waals surface area contributed by atoms with E-state index in [1.165, 1.54) is 0 Å². The van der Waals surface area contributed by atoms with Gasteiger partial charge in [0.15, 0.2) is 0 Å². The number of nitrogens with two attached hydrogens (primary N) is 1. The number of ether oxygens (including phenoxy) is 2. The maximum Gasteiger partial charge on any atom is 0.138 e. The van der Waals surface area contributed by atoms with Gasteiger partial charge in [-0.3, -0.25) is 4.98 Å². The minimum atomic E-state index is 0.520. The van der Waals surface area contributed by atoms with Crippen LogP contribution in [0.3, 0.4) is 0 Å². The molecule has 0 atom stereocenters. The number of pyridine rings is 1. The number of aromatic nitrogens is 1. The van der Waals surface area contributed by atoms with Gasteiger partial charge in [0.1, 0.15) is 12.4 Å². The molecule has 0 spiro atoms. The fourth-order valence-corrected chi connectivity index (χ4v) is 1.45. The molecule has 84 valence electrons. The topological polar surface area (TPSA) is 57.4 Å². The Balaban J connectivity index is 2.21. The second-order valence-corrected chi connectivity index (χ2v) is 3.46. The van der Waals surface area contributed by atoms with Gasteiger partial charge in [0.05, 0.1) is 18.3 Å². The second-order valence-electron chi connectivity index (χ2n) is 3.46. The Kier molecular flexibility index (Phi) is 3.22. The number of anilines is 1. The van der Waals surface area contributed by atoms with Crippen molar-refractivity contribution in [3.05, 3.63) is 30.5 Å². The highest BCUT2D eigenvalue weighted by Crippen LogP contribution is 2.20. The van der Waals surface area contributed by atoms with Crippen molar-refractivity contribution < 1.29 is 9.47 Å². The Labute approximate surface area is 94.0 Å². The molecule has 4 heteroatoms. The second kappa shape index (κ2) is 4.81. The quantitative estimate of drug-likeness (QED) is 0.628. The van der Waals surface area contributed by atoms with Crippen LogP contribution in [0.1, 0.15) is 0 Å². The van der Waals surface area contributed by atoms with E-state index in [0.717, 1.165) is 22.3 Å². The Hall–Kier alpha value is -1.81. The summed E-state index contributed by atoms with van der Waals surface area (Å²) in [4.78, 5) is 4.28. The zero-order valence-corrected chi connectivity index (χ0v) is 9.14. The van der Waals surface area contributed by atoms with Crippen molar-refractivity contribution in [2.45, 2.75) is 0 Å². The van der Waals surface area contributed by atoms with Crippen molar-refractivity contribution in [1.29, 1.82) is 0 Å². The first-order valence-corrected chi connectivity index (χ1v) is 5.06. The molecule has 2 N–H and O–H groups in total. The summed E-state index contributed by atoms with van der Waals surface area (Å²) in [6, 6.07) is 7.53. The van der Waals surface area contributed by atoms with E-state index in [-0.39, 0.29) is 0 Å². The van der Waals surface area contributed by atoms with Gasteiger partial charge < -0.3 is 15.2 Å². The predicted molar refractivity (Wildman–Crippen MR) is 63.5 cm³/mol. The summed E-state index contributed by atoms with van der Waals surface area (Å²) >= 11 is 0. The predicted octanol–water partition coefficient (Wildman–Crippen LogP) is 1.84. The van der Waals surface area contributed by atoms with Crippen LogP contribution >= 0.6 is 0 Å². The van der Waals surface area contributed by atoms with Gasteiger partial charge in [0.25, 0.3) is 0 Å². The van der Waals surface area contributed by atoms with Crippen LogP contribution in [0.15, 0.2) is 30.5 Å². The number of methoxy groups -OCH3 is 1. The first kappa shape index (κ1) is 10.7. The molecule has 0 aliphatic carbocycles. The van der Waals surface area contributed by atoms with Crippen molar-refractivity contribution in [2.24, 2.45) is 0 Å². The molecule has 2 aromatic rings. The van der Waals surface area contributed by atoms with Gasteiger partial charge in [-0.2, -0.15) is 0 Å². The summed E-state index contributed by atoms with van der Waals surface area (Å²) in [6.07, 6.45) is 1.70. The molecule has 0 aliphatic heterocycles. The maximum absolute atomic E-state index is 5.71. The Bertz CT molecular complexity index is 485. The van der Waals surface area contributed by atoms with Crippen LogP contribution in [-0.2, 0) is 4.74 Å². The van der Waals surface area contributed by atoms with Crippen LogP contribution in [0, 0.1) is 0 Å². The third-order valence-corrected chi connectivity index (χ3v) is 2.24. The van der Waals surface area contributed by atoms with E-state index in [9.17, 15) is 0 Å². The van der Waals surface area contributed by atoms with Crippen molar-refractivity contribution >= 4 is 16.6 Å². The number of nitrogen functional groups attached to an aromatic ring is 1. The van der Waals surface area contributed by atoms with Crippen LogP contribution in [0.25, 0.3) is 10.9 Å². The van der Waals surface area contributed by atoms with Crippen LogP contribution in [0.4, 0.5) is 5.69 Å². The molecule has 0 saturated heterocycles. The van der Waals surface area contributed by atoms with Crippen molar-refractivity contribution in [3.63, 3.8) is 0 Å². The summed E-state index contributed by atoms with van der Waals surface area (Å²) in [5, 5.41) is 0.981. The van der Waals surface area contributed by atoms with Crippen molar-refractivity contribution in [1.82, 2.24) is 4.98 Å². The first-order chi connectivity index (χ1) is 7.79. The molecule has 4 nitrogen and oxygen atoms in total. The molecule has 0 saturated carbocycles. The first-order valence-electron chi connectivity index (χ1n) is 5.06. The molecule has 16 heavy (non-hydrogen) atoms. The SMILES string of the molecule is COCCOc1cnc2ccc(N)cc2c1. The smallest absolute Gasteiger partial charge is 0.138 e. The molecular weight excluding hydrogens is 204 g/mol. The van der Waals surface area contributed by atoms with E-state index in [1.54, 1.807) is 13.3 Å². The fourth-order valence-electron chi connectivity index (χ4n) is 1.45. The van der Waals surface area contributed by atoms with E-state index in [1.807, 2.05) is 24.3 Å². The lowest BCUT2D eigenvalue weighted by atomic mass is 10.2. The molecule has 0 fully saturated rings. The van der Waals surface area contributed by atoms with Gasteiger partial charge in [-0.05, 0) is 24.3 Å². The lowest BCUT2D eigenvalue weighted by Gasteiger charge is -2.06. The van der Waals surface area contributed by atoms with Gasteiger partial charge in [-0.25, -0.2) is 0 Å². The van der Waals surface area contributed by atoms with Crippen LogP contribution in [-0.4, -0.2) is 25.3 Å². The summed E-state index contributed by atoms with van der Waals surface area (Å²) in [6.45, 7) is 1.08. The summed E-state index contributed by atoms with van der Waals surface area (Å²) in [5.74, 6) is 0.732. The number of hydrogen-bond donors (Lipinski definition) is 1. The van der Waals surface area contributed by atoms with Crippen LogP contribution in [0.5, 0.6) is 5.75 Å². The molecule has 0 unspecified atom stereocenters. The van der Waals surface area contributed by atoms with E-state index < -0.39 is 0 Å². The third-order valence-electron chi connectivity index (χ3n) is 2.24. The number of benzene rings is 1. The maximum atomic E-state index is 5.71. The van der Waals surface area contributed by atoms with E-state index >= 15 is 0 Å². The zero-order chi connectivity index (χ0) is 11.4. The lowest BCUT2D eigenvalue weighted by Crippen LogP contribution is -2.04. The van der Waals surface area contributed by atoms with Gasteiger partial charge in [0, 0.05) is 18.2 Å². The third kappa shape index (κ3) is 2.41. The molecular formula is C12H14N2O2. The van der Waals surface area contributed by atoms with Crippen LogP contribution in [0.2, 0.25) is 0 Å². The molecule has 0 amide bonds. The normalized spacial score (nSPS) is 10.6. The molecule has 0 bridgehead atoms. The largest absolute Gasteiger partial charge is 0.490 e. The van der Waals surface area contributed by atoms with Gasteiger partial charge in [0.2, 0.25) is 0 Å². The number of fused-ring (bicyclic) bond motifs is 1. The van der Waals surface area contributed by atoms with E-state index in [0.29, 0.717) is 13.2 Å². The van der Waals surface area contributed by atoms with Gasteiger partial charge in [-0.15, -0.1) is 0 Å². The fraction of sp³-hybridized carbons (Fsp3) is 0.250. The highest BCUT2D eigenvalue weighted by Gasteiger charge is 1.99. The highest BCUT2D eigenvalue weighted by molar-refractivity contribution is 5.82. The summed E-state index contributed by atoms with van der Waals surface area (Å²) < 4.78 is 10.4. The zero-order valence-electron chi connectivity index (χ0n) is 9.14. The molecule has 1 heterocycles. The van der Waals surface area contributed by atoms with Crippen LogP contribution < -0.4 is 10.5 Å². The molecule has 1 aromatic carbocycles. The minimum Gasteiger partial charge on any atom is -0.490 e.